The van der Waals surface area contributed by atoms with Crippen molar-refractivity contribution in [3.8, 4) is 0 Å². The van der Waals surface area contributed by atoms with Crippen LogP contribution in [0.25, 0.3) is 0 Å². The molecule has 0 aliphatic carbocycles. The molecule has 0 aliphatic rings. The molecule has 0 saturated carbocycles. The fourth-order valence-electron chi connectivity index (χ4n) is 0.632. The number of thioether (sulfide) groups is 1. The third-order valence-corrected chi connectivity index (χ3v) is 4.47. The van der Waals surface area contributed by atoms with Crippen LogP contribution in [-0.2, 0) is 0 Å². The lowest BCUT2D eigenvalue weighted by atomic mass is 10.1. The highest BCUT2D eigenvalue weighted by Crippen LogP contribution is 2.31. The van der Waals surface area contributed by atoms with Crippen LogP contribution in [0.3, 0.4) is 0 Å². The number of nitrogens with two attached hydrogens (primary N) is 1. The van der Waals surface area contributed by atoms with Crippen LogP contribution in [0.2, 0.25) is 0 Å². The third-order valence-electron chi connectivity index (χ3n) is 1.13. The molecule has 0 bridgehead atoms. The van der Waals surface area contributed by atoms with Gasteiger partial charge < -0.3 is 5.73 Å². The normalized spacial score (nSPS) is 12.0. The van der Waals surface area contributed by atoms with Gasteiger partial charge in [-0.25, -0.2) is 0 Å². The minimum Gasteiger partial charge on any atom is -0.325 e. The minimum absolute atomic E-state index is 0.0822. The predicted molar refractivity (Wildman–Crippen MR) is 61.0 cm³/mol. The first-order chi connectivity index (χ1) is 5.47. The standard InChI is InChI=1S/C8H12BrNS2/c1-8(2,10)5-11-7-4-3-6(9)12-7/h3-4H,5,10H2,1-2H3. The molecule has 0 amide bonds. The van der Waals surface area contributed by atoms with Crippen LogP contribution in [0.15, 0.2) is 20.1 Å². The topological polar surface area (TPSA) is 26.0 Å². The Bertz CT molecular complexity index is 252. The van der Waals surface area contributed by atoms with Gasteiger partial charge in [0, 0.05) is 11.3 Å². The van der Waals surface area contributed by atoms with Crippen molar-refractivity contribution < 1.29 is 0 Å². The number of halogens is 1. The second kappa shape index (κ2) is 4.13. The van der Waals surface area contributed by atoms with E-state index in [1.807, 2.05) is 25.6 Å². The van der Waals surface area contributed by atoms with Gasteiger partial charge in [-0.3, -0.25) is 0 Å². The highest BCUT2D eigenvalue weighted by atomic mass is 79.9. The average Bonchev–Trinajstić information content (AvgIpc) is 2.30. The molecule has 0 fully saturated rings. The first-order valence-electron chi connectivity index (χ1n) is 3.64. The van der Waals surface area contributed by atoms with E-state index in [2.05, 4.69) is 28.1 Å². The van der Waals surface area contributed by atoms with E-state index in [-0.39, 0.29) is 5.54 Å². The Morgan fingerprint density at radius 2 is 2.25 bits per heavy atom. The Morgan fingerprint density at radius 1 is 1.58 bits per heavy atom. The van der Waals surface area contributed by atoms with E-state index in [0.29, 0.717) is 0 Å². The van der Waals surface area contributed by atoms with Crippen molar-refractivity contribution in [1.29, 1.82) is 0 Å². The monoisotopic (exact) mass is 265 g/mol. The molecular weight excluding hydrogens is 254 g/mol. The van der Waals surface area contributed by atoms with E-state index < -0.39 is 0 Å². The molecule has 0 radical (unpaired) electrons. The fraction of sp³-hybridized carbons (Fsp3) is 0.500. The van der Waals surface area contributed by atoms with Crippen molar-refractivity contribution in [2.24, 2.45) is 5.73 Å². The summed E-state index contributed by atoms with van der Waals surface area (Å²) in [7, 11) is 0. The molecule has 1 rings (SSSR count). The molecule has 1 aromatic rings. The van der Waals surface area contributed by atoms with E-state index in [1.54, 1.807) is 11.3 Å². The van der Waals surface area contributed by atoms with Crippen LogP contribution in [0.1, 0.15) is 13.8 Å². The molecule has 1 nitrogen and oxygen atoms in total. The number of rotatable bonds is 3. The first-order valence-corrected chi connectivity index (χ1v) is 6.24. The van der Waals surface area contributed by atoms with Crippen molar-refractivity contribution in [2.75, 3.05) is 5.75 Å². The zero-order chi connectivity index (χ0) is 9.19. The predicted octanol–water partition coefficient (Wildman–Crippen LogP) is 3.34. The Morgan fingerprint density at radius 3 is 2.67 bits per heavy atom. The lowest BCUT2D eigenvalue weighted by Crippen LogP contribution is -2.34. The second-order valence-corrected chi connectivity index (χ2v) is 7.07. The summed E-state index contributed by atoms with van der Waals surface area (Å²) in [4.78, 5) is 0. The van der Waals surface area contributed by atoms with Gasteiger partial charge in [-0.1, -0.05) is 0 Å². The summed E-state index contributed by atoms with van der Waals surface area (Å²) < 4.78 is 2.50. The molecular formula is C8H12BrNS2. The third kappa shape index (κ3) is 3.94. The second-order valence-electron chi connectivity index (χ2n) is 3.34. The van der Waals surface area contributed by atoms with Crippen LogP contribution in [0.4, 0.5) is 0 Å². The summed E-state index contributed by atoms with van der Waals surface area (Å²) in [5.41, 5.74) is 5.78. The maximum absolute atomic E-state index is 5.86. The Hall–Kier alpha value is 0.490. The zero-order valence-electron chi connectivity index (χ0n) is 7.13. The van der Waals surface area contributed by atoms with E-state index in [4.69, 9.17) is 5.73 Å². The van der Waals surface area contributed by atoms with Gasteiger partial charge in [-0.05, 0) is 41.9 Å². The molecule has 0 aromatic carbocycles. The molecule has 1 aromatic heterocycles. The van der Waals surface area contributed by atoms with Crippen molar-refractivity contribution in [1.82, 2.24) is 0 Å². The van der Waals surface area contributed by atoms with Gasteiger partial charge in [0.25, 0.3) is 0 Å². The number of hydrogen-bond donors (Lipinski definition) is 1. The molecule has 0 spiro atoms. The van der Waals surface area contributed by atoms with Crippen LogP contribution in [-0.4, -0.2) is 11.3 Å². The largest absolute Gasteiger partial charge is 0.325 e. The minimum atomic E-state index is -0.0822. The summed E-state index contributed by atoms with van der Waals surface area (Å²) in [5.74, 6) is 0.958. The average molecular weight is 266 g/mol. The lowest BCUT2D eigenvalue weighted by Gasteiger charge is -2.16. The summed E-state index contributed by atoms with van der Waals surface area (Å²) in [6, 6.07) is 4.18. The van der Waals surface area contributed by atoms with Gasteiger partial charge in [0.05, 0.1) is 8.00 Å². The van der Waals surface area contributed by atoms with Crippen LogP contribution < -0.4 is 5.73 Å². The van der Waals surface area contributed by atoms with Crippen LogP contribution in [0.5, 0.6) is 0 Å². The molecule has 1 heterocycles. The maximum Gasteiger partial charge on any atom is 0.0710 e. The smallest absolute Gasteiger partial charge is 0.0710 e. The van der Waals surface area contributed by atoms with Gasteiger partial charge in [-0.15, -0.1) is 23.1 Å². The first kappa shape index (κ1) is 10.6. The van der Waals surface area contributed by atoms with Crippen molar-refractivity contribution >= 4 is 39.0 Å². The Labute approximate surface area is 89.9 Å². The summed E-state index contributed by atoms with van der Waals surface area (Å²) in [5, 5.41) is 0. The zero-order valence-corrected chi connectivity index (χ0v) is 10.4. The lowest BCUT2D eigenvalue weighted by molar-refractivity contribution is 0.591. The van der Waals surface area contributed by atoms with E-state index >= 15 is 0 Å². The highest BCUT2D eigenvalue weighted by Gasteiger charge is 2.11. The number of hydrogen-bond acceptors (Lipinski definition) is 3. The molecule has 12 heavy (non-hydrogen) atoms. The highest BCUT2D eigenvalue weighted by molar-refractivity contribution is 9.11. The molecule has 0 atom stereocenters. The molecule has 68 valence electrons. The van der Waals surface area contributed by atoms with Crippen molar-refractivity contribution in [3.63, 3.8) is 0 Å². The van der Waals surface area contributed by atoms with Crippen LogP contribution in [0, 0.1) is 0 Å². The van der Waals surface area contributed by atoms with Gasteiger partial charge in [0.2, 0.25) is 0 Å². The summed E-state index contributed by atoms with van der Waals surface area (Å²) >= 11 is 6.99. The van der Waals surface area contributed by atoms with Crippen molar-refractivity contribution in [3.05, 3.63) is 15.9 Å². The van der Waals surface area contributed by atoms with E-state index in [9.17, 15) is 0 Å². The molecule has 0 aliphatic heterocycles. The summed E-state index contributed by atoms with van der Waals surface area (Å²) in [6.07, 6.45) is 0. The number of thiophene rings is 1. The fourth-order valence-corrected chi connectivity index (χ4v) is 3.43. The molecule has 2 N–H and O–H groups in total. The Balaban J connectivity index is 2.44. The molecule has 4 heteroatoms. The van der Waals surface area contributed by atoms with E-state index in [0.717, 1.165) is 5.75 Å². The molecule has 0 saturated heterocycles. The summed E-state index contributed by atoms with van der Waals surface area (Å²) in [6.45, 7) is 4.09. The van der Waals surface area contributed by atoms with Crippen LogP contribution >= 0.6 is 39.0 Å². The van der Waals surface area contributed by atoms with Gasteiger partial charge in [0.15, 0.2) is 0 Å². The molecule has 0 unspecified atom stereocenters. The van der Waals surface area contributed by atoms with Gasteiger partial charge in [-0.2, -0.15) is 0 Å². The van der Waals surface area contributed by atoms with Crippen molar-refractivity contribution in [2.45, 2.75) is 23.6 Å². The Kier molecular flexibility index (Phi) is 3.64. The van der Waals surface area contributed by atoms with E-state index in [1.165, 1.54) is 8.00 Å². The maximum atomic E-state index is 5.86. The van der Waals surface area contributed by atoms with Gasteiger partial charge in [0.1, 0.15) is 0 Å². The quantitative estimate of drug-likeness (QED) is 0.849. The van der Waals surface area contributed by atoms with Gasteiger partial charge >= 0.3 is 0 Å². The SMILES string of the molecule is CC(C)(N)CSc1ccc(Br)s1.